The number of aromatic nitrogens is 4. The third kappa shape index (κ3) is 4.42. The summed E-state index contributed by atoms with van der Waals surface area (Å²) < 4.78 is 6.40. The minimum absolute atomic E-state index is 0.150. The SMILES string of the molecule is CN[C@@H]1CCN(c2cc3c(Nc4nccc(C)n4)cnc(N)c3c(Oc3c(C)ccc(O)c3C)n2)C1. The van der Waals surface area contributed by atoms with Gasteiger partial charge in [0, 0.05) is 42.0 Å². The van der Waals surface area contributed by atoms with E-state index >= 15 is 0 Å². The highest BCUT2D eigenvalue weighted by molar-refractivity contribution is 6.04. The van der Waals surface area contributed by atoms with Crippen LogP contribution in [-0.2, 0) is 0 Å². The first kappa shape index (κ1) is 23.6. The number of nitrogen functional groups attached to an aromatic ring is 1. The van der Waals surface area contributed by atoms with Crippen LogP contribution in [0, 0.1) is 20.8 Å². The Kier molecular flexibility index (Phi) is 6.19. The maximum absolute atomic E-state index is 10.3. The summed E-state index contributed by atoms with van der Waals surface area (Å²) in [5.41, 5.74) is 9.42. The van der Waals surface area contributed by atoms with Crippen LogP contribution in [0.3, 0.4) is 0 Å². The highest BCUT2D eigenvalue weighted by Crippen LogP contribution is 2.41. The molecular weight excluding hydrogens is 456 g/mol. The number of hydrogen-bond acceptors (Lipinski definition) is 10. The fourth-order valence-electron chi connectivity index (χ4n) is 4.48. The predicted molar refractivity (Wildman–Crippen MR) is 141 cm³/mol. The zero-order valence-corrected chi connectivity index (χ0v) is 20.8. The van der Waals surface area contributed by atoms with Crippen molar-refractivity contribution < 1.29 is 9.84 Å². The van der Waals surface area contributed by atoms with Gasteiger partial charge in [-0.15, -0.1) is 0 Å². The average Bonchev–Trinajstić information content (AvgIpc) is 3.35. The lowest BCUT2D eigenvalue weighted by Crippen LogP contribution is -2.29. The average molecular weight is 487 g/mol. The fourth-order valence-corrected chi connectivity index (χ4v) is 4.48. The van der Waals surface area contributed by atoms with Gasteiger partial charge in [-0.25, -0.2) is 15.0 Å². The van der Waals surface area contributed by atoms with Gasteiger partial charge in [0.25, 0.3) is 0 Å². The van der Waals surface area contributed by atoms with E-state index in [0.717, 1.165) is 42.0 Å². The molecule has 36 heavy (non-hydrogen) atoms. The number of hydrogen-bond donors (Lipinski definition) is 4. The number of phenols is 1. The van der Waals surface area contributed by atoms with Gasteiger partial charge in [0.1, 0.15) is 23.1 Å². The van der Waals surface area contributed by atoms with E-state index in [9.17, 15) is 5.11 Å². The maximum Gasteiger partial charge on any atom is 0.232 e. The normalized spacial score (nSPS) is 15.4. The molecule has 4 aromatic rings. The summed E-state index contributed by atoms with van der Waals surface area (Å²) in [5.74, 6) is 2.53. The number of anilines is 4. The molecule has 1 aromatic carbocycles. The Morgan fingerprint density at radius 3 is 2.72 bits per heavy atom. The van der Waals surface area contributed by atoms with Crippen molar-refractivity contribution in [3.05, 3.63) is 53.5 Å². The van der Waals surface area contributed by atoms with Crippen molar-refractivity contribution in [2.75, 3.05) is 36.1 Å². The fraction of sp³-hybridized carbons (Fsp3) is 0.308. The molecule has 0 aliphatic carbocycles. The number of nitrogens with one attached hydrogen (secondary N) is 2. The number of aryl methyl sites for hydroxylation is 2. The highest BCUT2D eigenvalue weighted by atomic mass is 16.5. The second kappa shape index (κ2) is 9.46. The largest absolute Gasteiger partial charge is 0.508 e. The Bertz CT molecular complexity index is 1440. The molecule has 10 nitrogen and oxygen atoms in total. The van der Waals surface area contributed by atoms with Crippen molar-refractivity contribution in [1.82, 2.24) is 25.3 Å². The molecule has 4 heterocycles. The second-order valence-corrected chi connectivity index (χ2v) is 9.09. The van der Waals surface area contributed by atoms with Crippen LogP contribution in [-0.4, -0.2) is 51.2 Å². The maximum atomic E-state index is 10.3. The van der Waals surface area contributed by atoms with Crippen LogP contribution in [0.25, 0.3) is 10.8 Å². The molecule has 1 fully saturated rings. The zero-order chi connectivity index (χ0) is 25.4. The lowest BCUT2D eigenvalue weighted by atomic mass is 10.1. The summed E-state index contributed by atoms with van der Waals surface area (Å²) in [7, 11) is 1.97. The van der Waals surface area contributed by atoms with Gasteiger partial charge >= 0.3 is 0 Å². The third-order valence-corrected chi connectivity index (χ3v) is 6.59. The van der Waals surface area contributed by atoms with Gasteiger partial charge in [0.2, 0.25) is 11.8 Å². The first-order valence-electron chi connectivity index (χ1n) is 11.9. The molecule has 1 atom stereocenters. The van der Waals surface area contributed by atoms with Gasteiger partial charge in [-0.3, -0.25) is 0 Å². The minimum Gasteiger partial charge on any atom is -0.508 e. The van der Waals surface area contributed by atoms with Crippen LogP contribution in [0.5, 0.6) is 17.4 Å². The first-order chi connectivity index (χ1) is 17.3. The Balaban J connectivity index is 1.68. The number of nitrogens with zero attached hydrogens (tertiary/aromatic N) is 5. The van der Waals surface area contributed by atoms with Gasteiger partial charge in [-0.05, 0) is 58.0 Å². The molecule has 3 aromatic heterocycles. The van der Waals surface area contributed by atoms with Crippen LogP contribution in [0.1, 0.15) is 23.2 Å². The Hall–Kier alpha value is -4.18. The molecule has 5 rings (SSSR count). The number of fused-ring (bicyclic) bond motifs is 1. The second-order valence-electron chi connectivity index (χ2n) is 9.09. The quantitative estimate of drug-likeness (QED) is 0.317. The lowest BCUT2D eigenvalue weighted by molar-refractivity contribution is 0.440. The van der Waals surface area contributed by atoms with Crippen LogP contribution in [0.15, 0.2) is 36.7 Å². The molecule has 0 bridgehead atoms. The van der Waals surface area contributed by atoms with Gasteiger partial charge in [-0.2, -0.15) is 4.98 Å². The van der Waals surface area contributed by atoms with Crippen molar-refractivity contribution >= 4 is 34.0 Å². The van der Waals surface area contributed by atoms with E-state index in [-0.39, 0.29) is 5.75 Å². The van der Waals surface area contributed by atoms with E-state index in [0.29, 0.717) is 46.1 Å². The molecule has 0 saturated carbocycles. The van der Waals surface area contributed by atoms with Gasteiger partial charge < -0.3 is 31.1 Å². The molecule has 1 aliphatic rings. The van der Waals surface area contributed by atoms with E-state index in [1.165, 1.54) is 0 Å². The van der Waals surface area contributed by atoms with Crippen molar-refractivity contribution in [2.24, 2.45) is 0 Å². The number of rotatable bonds is 6. The number of phenolic OH excluding ortho intramolecular Hbond substituents is 1. The van der Waals surface area contributed by atoms with E-state index in [1.807, 2.05) is 46.0 Å². The van der Waals surface area contributed by atoms with Gasteiger partial charge in [0.05, 0.1) is 17.3 Å². The smallest absolute Gasteiger partial charge is 0.232 e. The molecule has 0 spiro atoms. The summed E-state index contributed by atoms with van der Waals surface area (Å²) in [5, 5.41) is 18.3. The van der Waals surface area contributed by atoms with E-state index in [1.54, 1.807) is 18.5 Å². The van der Waals surface area contributed by atoms with Crippen LogP contribution >= 0.6 is 0 Å². The Labute approximate surface area is 209 Å². The monoisotopic (exact) mass is 486 g/mol. The van der Waals surface area contributed by atoms with E-state index in [4.69, 9.17) is 15.5 Å². The van der Waals surface area contributed by atoms with Gasteiger partial charge in [0.15, 0.2) is 0 Å². The molecule has 186 valence electrons. The third-order valence-electron chi connectivity index (χ3n) is 6.59. The van der Waals surface area contributed by atoms with Crippen molar-refractivity contribution in [3.63, 3.8) is 0 Å². The number of pyridine rings is 2. The van der Waals surface area contributed by atoms with Crippen LogP contribution in [0.4, 0.5) is 23.3 Å². The van der Waals surface area contributed by atoms with Gasteiger partial charge in [-0.1, -0.05) is 6.07 Å². The number of likely N-dealkylation sites (N-methyl/N-ethyl adjacent to an activating group) is 1. The molecular formula is C26H30N8O2. The molecule has 0 radical (unpaired) electrons. The standard InChI is InChI=1S/C26H30N8O2/c1-14-5-6-20(35)16(3)23(14)36-25-22-18(11-21(33-25)34-10-8-17(13-34)28-4)19(12-30-24(22)27)32-26-29-9-7-15(2)31-26/h5-7,9,11-12,17,28,35H,8,10,13H2,1-4H3,(H2,27,30)(H,29,31,32)/t17-/m1/s1. The van der Waals surface area contributed by atoms with Crippen LogP contribution < -0.4 is 26.0 Å². The van der Waals surface area contributed by atoms with Crippen LogP contribution in [0.2, 0.25) is 0 Å². The van der Waals surface area contributed by atoms with Crippen molar-refractivity contribution in [2.45, 2.75) is 33.2 Å². The summed E-state index contributed by atoms with van der Waals surface area (Å²) in [4.78, 5) is 20.3. The number of aromatic hydroxyl groups is 1. The predicted octanol–water partition coefficient (Wildman–Crippen LogP) is 3.97. The number of nitrogens with two attached hydrogens (primary N) is 1. The molecule has 0 unspecified atom stereocenters. The molecule has 1 aliphatic heterocycles. The molecule has 0 amide bonds. The number of benzene rings is 1. The molecule has 5 N–H and O–H groups in total. The Morgan fingerprint density at radius 2 is 1.97 bits per heavy atom. The molecule has 10 heteroatoms. The summed E-state index contributed by atoms with van der Waals surface area (Å²) in [6.45, 7) is 7.33. The summed E-state index contributed by atoms with van der Waals surface area (Å²) in [6, 6.07) is 7.68. The highest BCUT2D eigenvalue weighted by Gasteiger charge is 2.25. The minimum atomic E-state index is 0.150. The van der Waals surface area contributed by atoms with Crippen molar-refractivity contribution in [1.29, 1.82) is 0 Å². The summed E-state index contributed by atoms with van der Waals surface area (Å²) >= 11 is 0. The van der Waals surface area contributed by atoms with E-state index < -0.39 is 0 Å². The zero-order valence-electron chi connectivity index (χ0n) is 20.8. The van der Waals surface area contributed by atoms with Crippen molar-refractivity contribution in [3.8, 4) is 17.4 Å². The lowest BCUT2D eigenvalue weighted by Gasteiger charge is -2.21. The number of ether oxygens (including phenoxy) is 1. The summed E-state index contributed by atoms with van der Waals surface area (Å²) in [6.07, 6.45) is 4.38. The Morgan fingerprint density at radius 1 is 1.14 bits per heavy atom. The van der Waals surface area contributed by atoms with E-state index in [2.05, 4.69) is 30.5 Å². The topological polar surface area (TPSA) is 134 Å². The molecule has 1 saturated heterocycles. The first-order valence-corrected chi connectivity index (χ1v) is 11.9.